The minimum Gasteiger partial charge on any atom is -0.497 e. The van der Waals surface area contributed by atoms with Gasteiger partial charge in [0.15, 0.2) is 5.69 Å². The standard InChI is InChI=1S/C20H22N4O3/c1-12(2)13-4-9-17-16(10-13)19(20(26)22-17)24-23-18(25)11-21-14-5-7-15(27-3)8-6-14/h4-10,12,21-22,26H,11H2,1-3H3. The van der Waals surface area contributed by atoms with Crippen LogP contribution >= 0.6 is 0 Å². The lowest BCUT2D eigenvalue weighted by atomic mass is 10.0. The van der Waals surface area contributed by atoms with Crippen LogP contribution in [0.2, 0.25) is 0 Å². The molecule has 140 valence electrons. The Balaban J connectivity index is 1.71. The van der Waals surface area contributed by atoms with Gasteiger partial charge in [-0.05, 0) is 47.9 Å². The average molecular weight is 366 g/mol. The van der Waals surface area contributed by atoms with Crippen molar-refractivity contribution in [3.8, 4) is 11.6 Å². The van der Waals surface area contributed by atoms with E-state index in [4.69, 9.17) is 4.74 Å². The molecule has 0 spiro atoms. The molecule has 7 heteroatoms. The lowest BCUT2D eigenvalue weighted by Gasteiger charge is -2.05. The second kappa shape index (κ2) is 7.90. The van der Waals surface area contributed by atoms with Crippen molar-refractivity contribution in [2.75, 3.05) is 19.0 Å². The number of aromatic hydroxyl groups is 1. The largest absolute Gasteiger partial charge is 0.497 e. The van der Waals surface area contributed by atoms with E-state index >= 15 is 0 Å². The summed E-state index contributed by atoms with van der Waals surface area (Å²) < 4.78 is 5.09. The summed E-state index contributed by atoms with van der Waals surface area (Å²) in [4.78, 5) is 14.9. The van der Waals surface area contributed by atoms with E-state index in [9.17, 15) is 9.90 Å². The molecule has 7 nitrogen and oxygen atoms in total. The van der Waals surface area contributed by atoms with Crippen molar-refractivity contribution in [2.45, 2.75) is 19.8 Å². The number of nitrogens with zero attached hydrogens (tertiary/aromatic N) is 2. The Bertz CT molecular complexity index is 975. The van der Waals surface area contributed by atoms with E-state index in [1.165, 1.54) is 0 Å². The van der Waals surface area contributed by atoms with E-state index in [1.807, 2.05) is 30.3 Å². The minimum absolute atomic E-state index is 0.00378. The predicted molar refractivity (Wildman–Crippen MR) is 105 cm³/mol. The molecule has 0 radical (unpaired) electrons. The van der Waals surface area contributed by atoms with Crippen LogP contribution in [-0.4, -0.2) is 29.7 Å². The molecule has 0 saturated heterocycles. The molecule has 0 unspecified atom stereocenters. The molecule has 3 aromatic rings. The number of methoxy groups -OCH3 is 1. The second-order valence-corrected chi connectivity index (χ2v) is 6.46. The van der Waals surface area contributed by atoms with Crippen molar-refractivity contribution in [3.63, 3.8) is 0 Å². The first-order chi connectivity index (χ1) is 13.0. The Hall–Kier alpha value is -3.35. The molecule has 1 aromatic heterocycles. The lowest BCUT2D eigenvalue weighted by Crippen LogP contribution is -2.10. The zero-order valence-electron chi connectivity index (χ0n) is 15.5. The molecule has 0 fully saturated rings. The number of H-pyrrole nitrogens is 1. The zero-order chi connectivity index (χ0) is 19.4. The molecule has 0 bridgehead atoms. The summed E-state index contributed by atoms with van der Waals surface area (Å²) in [5, 5.41) is 21.5. The molecule has 0 aliphatic heterocycles. The fraction of sp³-hybridized carbons (Fsp3) is 0.250. The van der Waals surface area contributed by atoms with Crippen LogP contribution in [0.3, 0.4) is 0 Å². The molecule has 0 saturated carbocycles. The summed E-state index contributed by atoms with van der Waals surface area (Å²) in [7, 11) is 1.59. The molecule has 3 rings (SSSR count). The van der Waals surface area contributed by atoms with Crippen LogP contribution in [0.4, 0.5) is 11.4 Å². The van der Waals surface area contributed by atoms with Gasteiger partial charge in [-0.15, -0.1) is 10.2 Å². The molecule has 27 heavy (non-hydrogen) atoms. The van der Waals surface area contributed by atoms with Crippen molar-refractivity contribution in [1.29, 1.82) is 0 Å². The summed E-state index contributed by atoms with van der Waals surface area (Å²) in [6, 6.07) is 13.0. The maximum atomic E-state index is 12.0. The van der Waals surface area contributed by atoms with Crippen LogP contribution in [0.1, 0.15) is 25.3 Å². The molecular formula is C20H22N4O3. The number of aromatic nitrogens is 1. The molecular weight excluding hydrogens is 344 g/mol. The quantitative estimate of drug-likeness (QED) is 0.549. The normalized spacial score (nSPS) is 11.4. The maximum absolute atomic E-state index is 12.0. The molecule has 0 aliphatic rings. The van der Waals surface area contributed by atoms with Crippen LogP contribution in [0.25, 0.3) is 10.9 Å². The van der Waals surface area contributed by atoms with Gasteiger partial charge in [-0.2, -0.15) is 0 Å². The first-order valence-electron chi connectivity index (χ1n) is 8.65. The van der Waals surface area contributed by atoms with Gasteiger partial charge in [-0.1, -0.05) is 19.9 Å². The van der Waals surface area contributed by atoms with E-state index in [0.717, 1.165) is 27.9 Å². The van der Waals surface area contributed by atoms with Crippen molar-refractivity contribution >= 4 is 28.2 Å². The number of amides is 1. The molecule has 0 aliphatic carbocycles. The highest BCUT2D eigenvalue weighted by molar-refractivity contribution is 5.95. The second-order valence-electron chi connectivity index (χ2n) is 6.46. The Morgan fingerprint density at radius 1 is 1.22 bits per heavy atom. The summed E-state index contributed by atoms with van der Waals surface area (Å²) in [5.41, 5.74) is 2.90. The third kappa shape index (κ3) is 4.25. The number of carbonyl (C=O) groups excluding carboxylic acids is 1. The number of rotatable bonds is 6. The fourth-order valence-electron chi connectivity index (χ4n) is 2.67. The van der Waals surface area contributed by atoms with E-state index in [0.29, 0.717) is 5.92 Å². The van der Waals surface area contributed by atoms with Gasteiger partial charge < -0.3 is 20.1 Å². The van der Waals surface area contributed by atoms with Crippen molar-refractivity contribution in [2.24, 2.45) is 10.2 Å². The minimum atomic E-state index is -0.445. The molecule has 1 amide bonds. The lowest BCUT2D eigenvalue weighted by molar-refractivity contribution is -0.116. The molecule has 1 heterocycles. The van der Waals surface area contributed by atoms with Gasteiger partial charge in [0.05, 0.1) is 19.2 Å². The maximum Gasteiger partial charge on any atom is 0.283 e. The number of azo groups is 1. The Labute approximate surface area is 157 Å². The van der Waals surface area contributed by atoms with Crippen LogP contribution in [-0.2, 0) is 4.79 Å². The third-order valence-electron chi connectivity index (χ3n) is 4.24. The van der Waals surface area contributed by atoms with Crippen molar-refractivity contribution in [3.05, 3.63) is 48.0 Å². The highest BCUT2D eigenvalue weighted by Gasteiger charge is 2.12. The van der Waals surface area contributed by atoms with Gasteiger partial charge in [0.25, 0.3) is 5.91 Å². The van der Waals surface area contributed by atoms with E-state index < -0.39 is 5.91 Å². The number of benzene rings is 2. The van der Waals surface area contributed by atoms with Crippen LogP contribution in [0.15, 0.2) is 52.7 Å². The first kappa shape index (κ1) is 18.4. The number of nitrogens with one attached hydrogen (secondary N) is 2. The Kier molecular flexibility index (Phi) is 5.40. The topological polar surface area (TPSA) is 99.1 Å². The molecule has 3 N–H and O–H groups in total. The van der Waals surface area contributed by atoms with Gasteiger partial charge >= 0.3 is 0 Å². The van der Waals surface area contributed by atoms with E-state index in [1.54, 1.807) is 19.2 Å². The van der Waals surface area contributed by atoms with Crippen LogP contribution in [0, 0.1) is 0 Å². The van der Waals surface area contributed by atoms with Gasteiger partial charge in [0.2, 0.25) is 5.88 Å². The van der Waals surface area contributed by atoms with Crippen molar-refractivity contribution in [1.82, 2.24) is 4.98 Å². The van der Waals surface area contributed by atoms with Gasteiger partial charge in [-0.3, -0.25) is 4.79 Å². The predicted octanol–water partition coefficient (Wildman–Crippen LogP) is 4.73. The number of fused-ring (bicyclic) bond motifs is 1. The SMILES string of the molecule is COc1ccc(NCC(=O)N=Nc2c(O)[nH]c3ccc(C(C)C)cc23)cc1. The molecule has 2 aromatic carbocycles. The summed E-state index contributed by atoms with van der Waals surface area (Å²) in [5.74, 6) is 0.527. The smallest absolute Gasteiger partial charge is 0.283 e. The summed E-state index contributed by atoms with van der Waals surface area (Å²) in [6.45, 7) is 4.17. The van der Waals surface area contributed by atoms with Gasteiger partial charge in [-0.25, -0.2) is 0 Å². The first-order valence-corrected chi connectivity index (χ1v) is 8.65. The number of hydrogen-bond acceptors (Lipinski definition) is 5. The van der Waals surface area contributed by atoms with Crippen LogP contribution < -0.4 is 10.1 Å². The third-order valence-corrected chi connectivity index (χ3v) is 4.24. The van der Waals surface area contributed by atoms with Crippen LogP contribution in [0.5, 0.6) is 11.6 Å². The summed E-state index contributed by atoms with van der Waals surface area (Å²) >= 11 is 0. The highest BCUT2D eigenvalue weighted by atomic mass is 16.5. The van der Waals surface area contributed by atoms with Gasteiger partial charge in [0, 0.05) is 11.1 Å². The van der Waals surface area contributed by atoms with Crippen molar-refractivity contribution < 1.29 is 14.6 Å². The van der Waals surface area contributed by atoms with E-state index in [2.05, 4.69) is 34.4 Å². The number of anilines is 1. The number of aromatic amines is 1. The zero-order valence-corrected chi connectivity index (χ0v) is 15.5. The Morgan fingerprint density at radius 2 is 1.96 bits per heavy atom. The molecule has 0 atom stereocenters. The number of ether oxygens (including phenoxy) is 1. The number of carbonyl (C=O) groups is 1. The highest BCUT2D eigenvalue weighted by Crippen LogP contribution is 2.36. The fourth-order valence-corrected chi connectivity index (χ4v) is 2.67. The van der Waals surface area contributed by atoms with E-state index in [-0.39, 0.29) is 18.1 Å². The summed E-state index contributed by atoms with van der Waals surface area (Å²) in [6.07, 6.45) is 0. The Morgan fingerprint density at radius 3 is 2.63 bits per heavy atom. The monoisotopic (exact) mass is 366 g/mol. The number of hydrogen-bond donors (Lipinski definition) is 3. The average Bonchev–Trinajstić information content (AvgIpc) is 2.99. The van der Waals surface area contributed by atoms with Gasteiger partial charge in [0.1, 0.15) is 5.75 Å².